The Labute approximate surface area is 456 Å². The Morgan fingerprint density at radius 1 is 0.282 bits per heavy atom. The number of para-hydroxylation sites is 4. The minimum absolute atomic E-state index is 0.205. The molecular weight excluding hydrogens is 941 g/mol. The minimum atomic E-state index is -0.205. The van der Waals surface area contributed by atoms with Crippen LogP contribution in [0.3, 0.4) is 0 Å². The van der Waals surface area contributed by atoms with Gasteiger partial charge in [-0.05, 0) is 174 Å². The van der Waals surface area contributed by atoms with Crippen molar-refractivity contribution >= 4 is 66.9 Å². The zero-order valence-corrected chi connectivity index (χ0v) is 44.3. The normalized spacial score (nSPS) is 14.3. The molecule has 0 bridgehead atoms. The molecule has 0 amide bonds. The minimum Gasteiger partial charge on any atom is -0.309 e. The highest BCUT2D eigenvalue weighted by Crippen LogP contribution is 2.56. The summed E-state index contributed by atoms with van der Waals surface area (Å²) in [5, 5.41) is 5.01. The number of hydrogen-bond donors (Lipinski definition) is 0. The lowest BCUT2D eigenvalue weighted by atomic mass is 9.79. The second-order valence-corrected chi connectivity index (χ2v) is 22.5. The lowest BCUT2D eigenvalue weighted by Gasteiger charge is -2.24. The van der Waals surface area contributed by atoms with E-state index in [1.807, 2.05) is 0 Å². The third-order valence-corrected chi connectivity index (χ3v) is 17.3. The van der Waals surface area contributed by atoms with Crippen molar-refractivity contribution in [1.29, 1.82) is 0 Å². The molecule has 2 heterocycles. The highest BCUT2D eigenvalue weighted by atomic mass is 15.0. The molecule has 0 spiro atoms. The molecule has 2 aliphatic carbocycles. The van der Waals surface area contributed by atoms with Crippen LogP contribution < -0.4 is 0 Å². The third-order valence-electron chi connectivity index (χ3n) is 17.3. The van der Waals surface area contributed by atoms with Gasteiger partial charge in [0, 0.05) is 43.7 Å². The number of nitrogens with zero attached hydrogens (tertiary/aromatic N) is 2. The van der Waals surface area contributed by atoms with Crippen molar-refractivity contribution in [1.82, 2.24) is 9.13 Å². The molecule has 0 unspecified atom stereocenters. The second-order valence-electron chi connectivity index (χ2n) is 22.5. The fourth-order valence-electron chi connectivity index (χ4n) is 13.4. The van der Waals surface area contributed by atoms with Crippen molar-refractivity contribution in [2.24, 2.45) is 0 Å². The monoisotopic (exact) mass is 996 g/mol. The van der Waals surface area contributed by atoms with E-state index >= 15 is 0 Å². The SMILES string of the molecule is CC1(C)c2cc(/C=C(\c3ccccc3)c3ccc4c(c3)c3ccccc3n4-c3ccccc3)ccc2-c2cc3c(cc21)-c1ccc(/C=C(\c2ccccc2)c2ccc4c(c2)c2ccccc2n4-c2ccccc2)cc1C3(C)C. The maximum absolute atomic E-state index is 2.54. The molecule has 0 saturated carbocycles. The van der Waals surface area contributed by atoms with Crippen molar-refractivity contribution < 1.29 is 0 Å². The summed E-state index contributed by atoms with van der Waals surface area (Å²) >= 11 is 0. The first kappa shape index (κ1) is 45.9. The number of benzene rings is 11. The molecule has 2 heteroatoms. The molecule has 370 valence electrons. The van der Waals surface area contributed by atoms with E-state index in [2.05, 4.69) is 304 Å². The van der Waals surface area contributed by atoms with Gasteiger partial charge in [-0.1, -0.05) is 210 Å². The van der Waals surface area contributed by atoms with Crippen LogP contribution in [0.15, 0.2) is 255 Å². The van der Waals surface area contributed by atoms with Gasteiger partial charge in [0.05, 0.1) is 22.1 Å². The van der Waals surface area contributed by atoms with Gasteiger partial charge in [0.2, 0.25) is 0 Å². The van der Waals surface area contributed by atoms with Gasteiger partial charge in [0.25, 0.3) is 0 Å². The Balaban J connectivity index is 0.800. The molecule has 0 N–H and O–H groups in total. The Hall–Kier alpha value is -9.50. The molecule has 15 rings (SSSR count). The van der Waals surface area contributed by atoms with Gasteiger partial charge in [0.15, 0.2) is 0 Å². The van der Waals surface area contributed by atoms with Gasteiger partial charge in [-0.15, -0.1) is 0 Å². The molecule has 0 radical (unpaired) electrons. The van der Waals surface area contributed by atoms with Crippen LogP contribution in [0.5, 0.6) is 0 Å². The largest absolute Gasteiger partial charge is 0.309 e. The topological polar surface area (TPSA) is 9.86 Å². The Morgan fingerprint density at radius 2 is 0.628 bits per heavy atom. The number of fused-ring (bicyclic) bond motifs is 12. The first-order valence-corrected chi connectivity index (χ1v) is 27.4. The fourth-order valence-corrected chi connectivity index (χ4v) is 13.4. The van der Waals surface area contributed by atoms with E-state index in [9.17, 15) is 0 Å². The molecule has 0 atom stereocenters. The number of hydrogen-bond acceptors (Lipinski definition) is 0. The smallest absolute Gasteiger partial charge is 0.0541 e. The summed E-state index contributed by atoms with van der Waals surface area (Å²) in [6.07, 6.45) is 4.81. The van der Waals surface area contributed by atoms with Crippen LogP contribution in [0, 0.1) is 0 Å². The van der Waals surface area contributed by atoms with E-state index in [-0.39, 0.29) is 10.8 Å². The lowest BCUT2D eigenvalue weighted by molar-refractivity contribution is 0.652. The van der Waals surface area contributed by atoms with Gasteiger partial charge in [-0.2, -0.15) is 0 Å². The quantitative estimate of drug-likeness (QED) is 0.134. The van der Waals surface area contributed by atoms with E-state index in [0.717, 1.165) is 0 Å². The summed E-state index contributed by atoms with van der Waals surface area (Å²) in [4.78, 5) is 0. The Morgan fingerprint density at radius 3 is 1.04 bits per heavy atom. The molecule has 0 saturated heterocycles. The van der Waals surface area contributed by atoms with Crippen LogP contribution in [0.4, 0.5) is 0 Å². The zero-order chi connectivity index (χ0) is 52.3. The predicted molar refractivity (Wildman–Crippen MR) is 330 cm³/mol. The lowest BCUT2D eigenvalue weighted by Crippen LogP contribution is -2.17. The average molecular weight is 997 g/mol. The number of rotatable bonds is 8. The molecule has 2 nitrogen and oxygen atoms in total. The van der Waals surface area contributed by atoms with Crippen LogP contribution in [0.1, 0.15) is 83.3 Å². The molecular formula is C76H56N2. The Bertz CT molecular complexity index is 4320. The van der Waals surface area contributed by atoms with Crippen LogP contribution in [-0.2, 0) is 10.8 Å². The maximum atomic E-state index is 2.54. The molecule has 78 heavy (non-hydrogen) atoms. The van der Waals surface area contributed by atoms with Gasteiger partial charge in [-0.3, -0.25) is 0 Å². The van der Waals surface area contributed by atoms with E-state index in [4.69, 9.17) is 0 Å². The van der Waals surface area contributed by atoms with Crippen LogP contribution in [0.25, 0.3) is 101 Å². The molecule has 13 aromatic rings. The average Bonchev–Trinajstić information content (AvgIpc) is 4.21. The van der Waals surface area contributed by atoms with E-state index in [0.29, 0.717) is 0 Å². The summed E-state index contributed by atoms with van der Waals surface area (Å²) in [5.74, 6) is 0. The van der Waals surface area contributed by atoms with Crippen molar-refractivity contribution in [3.05, 3.63) is 310 Å². The van der Waals surface area contributed by atoms with Crippen molar-refractivity contribution in [2.45, 2.75) is 38.5 Å². The zero-order valence-electron chi connectivity index (χ0n) is 44.3. The molecule has 2 aromatic heterocycles. The van der Waals surface area contributed by atoms with Crippen LogP contribution in [0.2, 0.25) is 0 Å². The predicted octanol–water partition coefficient (Wildman–Crippen LogP) is 19.7. The second kappa shape index (κ2) is 17.5. The first-order chi connectivity index (χ1) is 38.2. The summed E-state index contributed by atoms with van der Waals surface area (Å²) in [6, 6.07) is 94.3. The van der Waals surface area contributed by atoms with Crippen LogP contribution >= 0.6 is 0 Å². The van der Waals surface area contributed by atoms with Gasteiger partial charge < -0.3 is 9.13 Å². The standard InChI is InChI=1S/C76H56N2/c1-75(2)67-43-49(41-61(51-21-9-5-10-22-51)53-35-39-73-65(45-53)59-29-17-19-31-71(59)77(73)55-25-13-7-14-26-55)33-37-57(67)63-48-70-64(47-69(63)75)58-38-34-50(44-68(58)76(70,3)4)42-62(52-23-11-6-12-24-52)54-36-40-74-66(46-54)60-30-18-20-32-72(60)78(74)56-27-15-8-16-28-56/h5-48H,1-4H3/b61-41+,62-42+. The van der Waals surface area contributed by atoms with Crippen molar-refractivity contribution in [3.8, 4) is 33.6 Å². The first-order valence-electron chi connectivity index (χ1n) is 27.4. The van der Waals surface area contributed by atoms with E-state index in [1.54, 1.807) is 0 Å². The fraction of sp³-hybridized carbons (Fsp3) is 0.0789. The molecule has 11 aromatic carbocycles. The van der Waals surface area contributed by atoms with Gasteiger partial charge >= 0.3 is 0 Å². The highest BCUT2D eigenvalue weighted by Gasteiger charge is 2.42. The highest BCUT2D eigenvalue weighted by molar-refractivity contribution is 6.12. The molecule has 2 aliphatic rings. The van der Waals surface area contributed by atoms with E-state index in [1.165, 1.54) is 144 Å². The summed E-state index contributed by atoms with van der Waals surface area (Å²) in [5.41, 5.74) is 27.3. The van der Waals surface area contributed by atoms with E-state index < -0.39 is 0 Å². The summed E-state index contributed by atoms with van der Waals surface area (Å²) in [6.45, 7) is 9.68. The maximum Gasteiger partial charge on any atom is 0.0541 e. The van der Waals surface area contributed by atoms with Crippen molar-refractivity contribution in [3.63, 3.8) is 0 Å². The summed E-state index contributed by atoms with van der Waals surface area (Å²) in [7, 11) is 0. The molecule has 0 aliphatic heterocycles. The number of aromatic nitrogens is 2. The third kappa shape index (κ3) is 7.10. The molecule has 0 fully saturated rings. The van der Waals surface area contributed by atoms with Gasteiger partial charge in [-0.25, -0.2) is 0 Å². The Kier molecular flexibility index (Phi) is 10.3. The van der Waals surface area contributed by atoms with Crippen LogP contribution in [-0.4, -0.2) is 9.13 Å². The van der Waals surface area contributed by atoms with Gasteiger partial charge in [0.1, 0.15) is 0 Å². The summed E-state index contributed by atoms with van der Waals surface area (Å²) < 4.78 is 4.78. The van der Waals surface area contributed by atoms with Crippen molar-refractivity contribution in [2.75, 3.05) is 0 Å².